The molecule has 1 amide bonds. The third-order valence-corrected chi connectivity index (χ3v) is 5.01. The van der Waals surface area contributed by atoms with Gasteiger partial charge in [0, 0.05) is 21.8 Å². The number of halogens is 2. The summed E-state index contributed by atoms with van der Waals surface area (Å²) in [4.78, 5) is 27.0. The molecule has 0 saturated carbocycles. The summed E-state index contributed by atoms with van der Waals surface area (Å²) in [5.74, 6) is -2.70. The van der Waals surface area contributed by atoms with Crippen molar-refractivity contribution in [2.45, 2.75) is 6.04 Å². The molecule has 1 N–H and O–H groups in total. The number of anilines is 1. The Morgan fingerprint density at radius 3 is 2.31 bits per heavy atom. The maximum Gasteiger partial charge on any atom is 0.300 e. The summed E-state index contributed by atoms with van der Waals surface area (Å²) in [6.45, 7) is 0. The number of hydrogen-bond acceptors (Lipinski definition) is 3. The van der Waals surface area contributed by atoms with Crippen LogP contribution in [-0.2, 0) is 9.59 Å². The molecule has 29 heavy (non-hydrogen) atoms. The standard InChI is InChI=1S/C23H15ClFNO3/c24-15-9-6-10-16(13-15)26-20(17-11-4-5-12-18(17)25)19(22(28)23(26)29)21(27)14-7-2-1-3-8-14/h1-13,20,27H/b21-19+/t20-/m0/s1. The van der Waals surface area contributed by atoms with Crippen LogP contribution in [0.1, 0.15) is 17.2 Å². The molecule has 4 nitrogen and oxygen atoms in total. The van der Waals surface area contributed by atoms with Crippen molar-refractivity contribution in [3.8, 4) is 0 Å². The zero-order valence-electron chi connectivity index (χ0n) is 15.0. The normalized spacial score (nSPS) is 18.3. The van der Waals surface area contributed by atoms with Crippen LogP contribution < -0.4 is 4.90 Å². The van der Waals surface area contributed by atoms with Gasteiger partial charge < -0.3 is 5.11 Å². The van der Waals surface area contributed by atoms with Gasteiger partial charge in [-0.2, -0.15) is 0 Å². The van der Waals surface area contributed by atoms with Crippen molar-refractivity contribution in [1.29, 1.82) is 0 Å². The smallest absolute Gasteiger partial charge is 0.300 e. The number of carbonyl (C=O) groups excluding carboxylic acids is 2. The van der Waals surface area contributed by atoms with Gasteiger partial charge in [0.2, 0.25) is 0 Å². The van der Waals surface area contributed by atoms with Crippen LogP contribution >= 0.6 is 11.6 Å². The van der Waals surface area contributed by atoms with Crippen LogP contribution in [0.2, 0.25) is 5.02 Å². The summed E-state index contributed by atoms with van der Waals surface area (Å²) < 4.78 is 14.7. The highest BCUT2D eigenvalue weighted by Crippen LogP contribution is 2.43. The number of benzene rings is 3. The number of aliphatic hydroxyl groups is 1. The van der Waals surface area contributed by atoms with E-state index in [9.17, 15) is 19.1 Å². The molecule has 0 bridgehead atoms. The van der Waals surface area contributed by atoms with Crippen molar-refractivity contribution in [2.24, 2.45) is 0 Å². The van der Waals surface area contributed by atoms with E-state index < -0.39 is 23.5 Å². The zero-order chi connectivity index (χ0) is 20.5. The van der Waals surface area contributed by atoms with Crippen LogP contribution in [0.15, 0.2) is 84.4 Å². The highest BCUT2D eigenvalue weighted by molar-refractivity contribution is 6.51. The number of hydrogen-bond donors (Lipinski definition) is 1. The van der Waals surface area contributed by atoms with Crippen molar-refractivity contribution in [3.05, 3.63) is 106 Å². The van der Waals surface area contributed by atoms with Gasteiger partial charge in [0.05, 0.1) is 11.6 Å². The second-order valence-corrected chi connectivity index (χ2v) is 6.97. The van der Waals surface area contributed by atoms with E-state index in [0.717, 1.165) is 0 Å². The summed E-state index contributed by atoms with van der Waals surface area (Å²) in [5.41, 5.74) is 0.619. The van der Waals surface area contributed by atoms with Crippen molar-refractivity contribution in [2.75, 3.05) is 4.90 Å². The van der Waals surface area contributed by atoms with Crippen molar-refractivity contribution in [1.82, 2.24) is 0 Å². The van der Waals surface area contributed by atoms with Crippen molar-refractivity contribution < 1.29 is 19.1 Å². The van der Waals surface area contributed by atoms with E-state index in [1.165, 1.54) is 29.2 Å². The van der Waals surface area contributed by atoms with Crippen LogP contribution in [0, 0.1) is 5.82 Å². The average Bonchev–Trinajstić information content (AvgIpc) is 2.99. The minimum absolute atomic E-state index is 0.101. The lowest BCUT2D eigenvalue weighted by atomic mass is 9.95. The van der Waals surface area contributed by atoms with Gasteiger partial charge in [0.15, 0.2) is 0 Å². The predicted molar refractivity (Wildman–Crippen MR) is 109 cm³/mol. The molecule has 0 radical (unpaired) electrons. The largest absolute Gasteiger partial charge is 0.507 e. The Kier molecular flexibility index (Phi) is 4.91. The van der Waals surface area contributed by atoms with Gasteiger partial charge in [0.25, 0.3) is 11.7 Å². The van der Waals surface area contributed by atoms with Gasteiger partial charge in [-0.1, -0.05) is 66.2 Å². The Morgan fingerprint density at radius 2 is 1.62 bits per heavy atom. The molecule has 0 unspecified atom stereocenters. The van der Waals surface area contributed by atoms with Crippen molar-refractivity contribution >= 4 is 34.7 Å². The predicted octanol–water partition coefficient (Wildman–Crippen LogP) is 5.11. The average molecular weight is 408 g/mol. The monoisotopic (exact) mass is 407 g/mol. The van der Waals surface area contributed by atoms with E-state index in [0.29, 0.717) is 16.3 Å². The molecule has 1 heterocycles. The molecule has 3 aromatic rings. The molecule has 1 atom stereocenters. The first-order valence-electron chi connectivity index (χ1n) is 8.85. The highest BCUT2D eigenvalue weighted by atomic mass is 35.5. The fraction of sp³-hybridized carbons (Fsp3) is 0.0435. The Morgan fingerprint density at radius 1 is 0.931 bits per heavy atom. The Bertz CT molecular complexity index is 1140. The van der Waals surface area contributed by atoms with Gasteiger partial charge >= 0.3 is 0 Å². The lowest BCUT2D eigenvalue weighted by Crippen LogP contribution is -2.29. The molecule has 3 aromatic carbocycles. The maximum absolute atomic E-state index is 14.7. The molecule has 1 aliphatic heterocycles. The fourth-order valence-corrected chi connectivity index (χ4v) is 3.65. The molecule has 144 valence electrons. The number of Topliss-reactive ketones (excluding diaryl/α,β-unsaturated/α-hetero) is 1. The van der Waals surface area contributed by atoms with Crippen LogP contribution in [0.3, 0.4) is 0 Å². The molecular weight excluding hydrogens is 393 g/mol. The van der Waals surface area contributed by atoms with Crippen LogP contribution in [-0.4, -0.2) is 16.8 Å². The molecule has 1 aliphatic rings. The number of ketones is 1. The van der Waals surface area contributed by atoms with E-state index in [4.69, 9.17) is 11.6 Å². The third kappa shape index (κ3) is 3.30. The zero-order valence-corrected chi connectivity index (χ0v) is 15.8. The van der Waals surface area contributed by atoms with Gasteiger partial charge in [-0.25, -0.2) is 4.39 Å². The van der Waals surface area contributed by atoms with Gasteiger partial charge in [-0.3, -0.25) is 14.5 Å². The summed E-state index contributed by atoms with van der Waals surface area (Å²) >= 11 is 6.07. The van der Waals surface area contributed by atoms with E-state index in [-0.39, 0.29) is 16.9 Å². The lowest BCUT2D eigenvalue weighted by Gasteiger charge is -2.25. The van der Waals surface area contributed by atoms with E-state index >= 15 is 0 Å². The molecule has 0 aromatic heterocycles. The van der Waals surface area contributed by atoms with Gasteiger partial charge in [-0.15, -0.1) is 0 Å². The number of aliphatic hydroxyl groups excluding tert-OH is 1. The number of rotatable bonds is 3. The van der Waals surface area contributed by atoms with Crippen LogP contribution in [0.5, 0.6) is 0 Å². The SMILES string of the molecule is O=C1C(=O)N(c2cccc(Cl)c2)[C@@H](c2ccccc2F)/C1=C(\O)c1ccccc1. The van der Waals surface area contributed by atoms with Gasteiger partial charge in [0.1, 0.15) is 11.6 Å². The molecule has 1 fully saturated rings. The number of carbonyl (C=O) groups is 2. The van der Waals surface area contributed by atoms with E-state index in [1.807, 2.05) is 0 Å². The Labute approximate surface area is 171 Å². The molecule has 0 aliphatic carbocycles. The highest BCUT2D eigenvalue weighted by Gasteiger charge is 2.47. The Balaban J connectivity index is 1.99. The quantitative estimate of drug-likeness (QED) is 0.373. The number of nitrogens with zero attached hydrogens (tertiary/aromatic N) is 1. The summed E-state index contributed by atoms with van der Waals surface area (Å²) in [7, 11) is 0. The van der Waals surface area contributed by atoms with E-state index in [2.05, 4.69) is 0 Å². The molecule has 1 saturated heterocycles. The topological polar surface area (TPSA) is 57.6 Å². The van der Waals surface area contributed by atoms with Crippen LogP contribution in [0.4, 0.5) is 10.1 Å². The third-order valence-electron chi connectivity index (χ3n) is 4.78. The second kappa shape index (κ2) is 7.53. The minimum atomic E-state index is -1.13. The van der Waals surface area contributed by atoms with E-state index in [1.54, 1.807) is 54.6 Å². The second-order valence-electron chi connectivity index (χ2n) is 6.54. The summed E-state index contributed by atoms with van der Waals surface area (Å²) in [6, 6.07) is 19.5. The fourth-order valence-electron chi connectivity index (χ4n) is 3.47. The minimum Gasteiger partial charge on any atom is -0.507 e. The molecular formula is C23H15ClFNO3. The Hall–Kier alpha value is -3.44. The van der Waals surface area contributed by atoms with Gasteiger partial charge in [-0.05, 0) is 24.3 Å². The molecule has 0 spiro atoms. The maximum atomic E-state index is 14.7. The first kappa shape index (κ1) is 18.9. The summed E-state index contributed by atoms with van der Waals surface area (Å²) in [6.07, 6.45) is 0. The first-order chi connectivity index (χ1) is 14.0. The first-order valence-corrected chi connectivity index (χ1v) is 9.23. The number of amides is 1. The molecule has 6 heteroatoms. The van der Waals surface area contributed by atoms with Crippen molar-refractivity contribution in [3.63, 3.8) is 0 Å². The van der Waals surface area contributed by atoms with Crippen LogP contribution in [0.25, 0.3) is 5.76 Å². The summed E-state index contributed by atoms with van der Waals surface area (Å²) in [5, 5.41) is 11.2. The molecule has 4 rings (SSSR count). The lowest BCUT2D eigenvalue weighted by molar-refractivity contribution is -0.132.